The van der Waals surface area contributed by atoms with Gasteiger partial charge in [0.05, 0.1) is 11.7 Å². The Morgan fingerprint density at radius 3 is 2.88 bits per heavy atom. The van der Waals surface area contributed by atoms with Gasteiger partial charge in [-0.2, -0.15) is 0 Å². The lowest BCUT2D eigenvalue weighted by atomic mass is 10.1. The molecular formula is C19H25N3O3. The van der Waals surface area contributed by atoms with E-state index in [1.807, 2.05) is 19.9 Å². The Bertz CT molecular complexity index is 776. The lowest BCUT2D eigenvalue weighted by molar-refractivity contribution is 0.0994. The van der Waals surface area contributed by atoms with Crippen molar-refractivity contribution in [2.24, 2.45) is 5.73 Å². The molecule has 1 saturated heterocycles. The number of hydrogen-bond donors (Lipinski definition) is 1. The molecule has 1 amide bonds. The third kappa shape index (κ3) is 3.85. The third-order valence-electron chi connectivity index (χ3n) is 4.54. The average molecular weight is 343 g/mol. The molecule has 6 heteroatoms. The minimum Gasteiger partial charge on any atom is -0.490 e. The van der Waals surface area contributed by atoms with Gasteiger partial charge in [0.25, 0.3) is 5.91 Å². The number of nitrogens with zero attached hydrogens (tertiary/aromatic N) is 2. The van der Waals surface area contributed by atoms with Crippen LogP contribution in [0.4, 0.5) is 0 Å². The molecular weight excluding hydrogens is 318 g/mol. The molecule has 1 atom stereocenters. The minimum atomic E-state index is -0.510. The molecule has 2 aromatic rings. The van der Waals surface area contributed by atoms with Crippen LogP contribution in [0, 0.1) is 0 Å². The first-order valence-corrected chi connectivity index (χ1v) is 8.68. The summed E-state index contributed by atoms with van der Waals surface area (Å²) >= 11 is 0. The molecule has 3 rings (SSSR count). The van der Waals surface area contributed by atoms with Crippen molar-refractivity contribution in [2.45, 2.75) is 38.8 Å². The number of amides is 1. The second-order valence-electron chi connectivity index (χ2n) is 6.80. The first-order chi connectivity index (χ1) is 12.0. The van der Waals surface area contributed by atoms with Crippen molar-refractivity contribution in [2.75, 3.05) is 20.2 Å². The van der Waals surface area contributed by atoms with Crippen molar-refractivity contribution in [3.05, 3.63) is 30.0 Å². The number of nitrogens with two attached hydrogens (primary N) is 1. The predicted molar refractivity (Wildman–Crippen MR) is 97.2 cm³/mol. The van der Waals surface area contributed by atoms with Crippen molar-refractivity contribution >= 4 is 16.7 Å². The van der Waals surface area contributed by atoms with Crippen LogP contribution in [0.1, 0.15) is 37.0 Å². The van der Waals surface area contributed by atoms with Crippen molar-refractivity contribution < 1.29 is 14.3 Å². The molecule has 2 heterocycles. The van der Waals surface area contributed by atoms with E-state index in [9.17, 15) is 4.79 Å². The summed E-state index contributed by atoms with van der Waals surface area (Å²) in [5.41, 5.74) is 5.87. The van der Waals surface area contributed by atoms with Crippen LogP contribution in [0.3, 0.4) is 0 Å². The summed E-state index contributed by atoms with van der Waals surface area (Å²) in [5, 5.41) is 1.68. The Labute approximate surface area is 147 Å². The summed E-state index contributed by atoms with van der Waals surface area (Å²) in [5.74, 6) is 0.512. The molecule has 1 aliphatic rings. The fourth-order valence-corrected chi connectivity index (χ4v) is 3.20. The molecule has 0 radical (unpaired) electrons. The number of carbonyl (C=O) groups excluding carboxylic acids is 1. The van der Waals surface area contributed by atoms with E-state index in [-0.39, 0.29) is 6.10 Å². The molecule has 0 unspecified atom stereocenters. The Morgan fingerprint density at radius 2 is 2.24 bits per heavy atom. The number of likely N-dealkylation sites (N-methyl/N-ethyl adjacent to an activating group) is 1. The lowest BCUT2D eigenvalue weighted by Gasteiger charge is -2.20. The zero-order chi connectivity index (χ0) is 18.0. The molecule has 1 aromatic carbocycles. The number of pyridine rings is 1. The van der Waals surface area contributed by atoms with Crippen LogP contribution in [0.2, 0.25) is 0 Å². The maximum Gasteiger partial charge on any atom is 0.252 e. The SMILES string of the molecule is CC(C)Oc1cc2c(OC[C@@H]3CCCN3C)nccc2cc1C(N)=O. The Balaban J connectivity index is 1.94. The smallest absolute Gasteiger partial charge is 0.252 e. The summed E-state index contributed by atoms with van der Waals surface area (Å²) in [7, 11) is 2.12. The van der Waals surface area contributed by atoms with Crippen molar-refractivity contribution in [1.82, 2.24) is 9.88 Å². The van der Waals surface area contributed by atoms with Gasteiger partial charge in [0, 0.05) is 17.6 Å². The van der Waals surface area contributed by atoms with E-state index in [4.69, 9.17) is 15.2 Å². The summed E-state index contributed by atoms with van der Waals surface area (Å²) in [6.45, 7) is 5.52. The monoisotopic (exact) mass is 343 g/mol. The van der Waals surface area contributed by atoms with Gasteiger partial charge in [-0.05, 0) is 63.9 Å². The molecule has 0 saturated carbocycles. The van der Waals surface area contributed by atoms with E-state index >= 15 is 0 Å². The second kappa shape index (κ2) is 7.27. The van der Waals surface area contributed by atoms with Gasteiger partial charge in [-0.1, -0.05) is 0 Å². The van der Waals surface area contributed by atoms with Gasteiger partial charge in [0.15, 0.2) is 0 Å². The van der Waals surface area contributed by atoms with Crippen molar-refractivity contribution in [3.8, 4) is 11.6 Å². The summed E-state index contributed by atoms with van der Waals surface area (Å²) in [6, 6.07) is 5.80. The number of hydrogen-bond acceptors (Lipinski definition) is 5. The van der Waals surface area contributed by atoms with Crippen LogP contribution in [0.5, 0.6) is 11.6 Å². The van der Waals surface area contributed by atoms with E-state index in [0.29, 0.717) is 29.8 Å². The maximum atomic E-state index is 11.8. The van der Waals surface area contributed by atoms with Crippen molar-refractivity contribution in [1.29, 1.82) is 0 Å². The highest BCUT2D eigenvalue weighted by molar-refractivity contribution is 6.01. The first kappa shape index (κ1) is 17.5. The Kier molecular flexibility index (Phi) is 5.08. The number of rotatable bonds is 6. The molecule has 2 N–H and O–H groups in total. The van der Waals surface area contributed by atoms with Gasteiger partial charge in [-0.3, -0.25) is 4.79 Å². The van der Waals surface area contributed by atoms with Crippen LogP contribution in [0.25, 0.3) is 10.8 Å². The number of ether oxygens (including phenoxy) is 2. The zero-order valence-electron chi connectivity index (χ0n) is 15.0. The number of aromatic nitrogens is 1. The van der Waals surface area contributed by atoms with Crippen LogP contribution in [-0.2, 0) is 0 Å². The van der Waals surface area contributed by atoms with E-state index in [0.717, 1.165) is 23.7 Å². The minimum absolute atomic E-state index is 0.0660. The lowest BCUT2D eigenvalue weighted by Crippen LogP contribution is -2.30. The van der Waals surface area contributed by atoms with E-state index < -0.39 is 5.91 Å². The van der Waals surface area contributed by atoms with E-state index in [1.165, 1.54) is 6.42 Å². The molecule has 0 spiro atoms. The van der Waals surface area contributed by atoms with Crippen LogP contribution in [-0.4, -0.2) is 48.1 Å². The number of carbonyl (C=O) groups is 1. The fourth-order valence-electron chi connectivity index (χ4n) is 3.20. The van der Waals surface area contributed by atoms with Gasteiger partial charge in [0.1, 0.15) is 12.4 Å². The number of primary amides is 1. The van der Waals surface area contributed by atoms with Gasteiger partial charge in [-0.15, -0.1) is 0 Å². The third-order valence-corrected chi connectivity index (χ3v) is 4.54. The van der Waals surface area contributed by atoms with E-state index in [1.54, 1.807) is 18.3 Å². The normalized spacial score (nSPS) is 18.0. The topological polar surface area (TPSA) is 77.7 Å². The van der Waals surface area contributed by atoms with E-state index in [2.05, 4.69) is 16.9 Å². The highest BCUT2D eigenvalue weighted by Crippen LogP contribution is 2.31. The van der Waals surface area contributed by atoms with Gasteiger partial charge in [-0.25, -0.2) is 4.98 Å². The summed E-state index contributed by atoms with van der Waals surface area (Å²) in [4.78, 5) is 18.4. The fraction of sp³-hybridized carbons (Fsp3) is 0.474. The summed E-state index contributed by atoms with van der Waals surface area (Å²) in [6.07, 6.45) is 3.95. The quantitative estimate of drug-likeness (QED) is 0.872. The maximum absolute atomic E-state index is 11.8. The van der Waals surface area contributed by atoms with Gasteiger partial charge in [0.2, 0.25) is 5.88 Å². The number of fused-ring (bicyclic) bond motifs is 1. The Morgan fingerprint density at radius 1 is 1.44 bits per heavy atom. The van der Waals surface area contributed by atoms with Crippen LogP contribution in [0.15, 0.2) is 24.4 Å². The molecule has 1 aromatic heterocycles. The number of benzene rings is 1. The molecule has 134 valence electrons. The molecule has 6 nitrogen and oxygen atoms in total. The largest absolute Gasteiger partial charge is 0.490 e. The molecule has 25 heavy (non-hydrogen) atoms. The molecule has 1 aliphatic heterocycles. The highest BCUT2D eigenvalue weighted by Gasteiger charge is 2.22. The summed E-state index contributed by atoms with van der Waals surface area (Å²) < 4.78 is 11.8. The van der Waals surface area contributed by atoms with Crippen molar-refractivity contribution in [3.63, 3.8) is 0 Å². The highest BCUT2D eigenvalue weighted by atomic mass is 16.5. The molecule has 0 aliphatic carbocycles. The molecule has 0 bridgehead atoms. The van der Waals surface area contributed by atoms with Gasteiger partial charge < -0.3 is 20.1 Å². The predicted octanol–water partition coefficient (Wildman–Crippen LogP) is 2.59. The standard InChI is InChI=1S/C19H25N3O3/c1-12(2)25-17-10-15-13(9-16(17)18(20)23)6-7-21-19(15)24-11-14-5-4-8-22(14)3/h6-7,9-10,12,14H,4-5,8,11H2,1-3H3,(H2,20,23)/t14-/m0/s1. The van der Waals surface area contributed by atoms with Gasteiger partial charge >= 0.3 is 0 Å². The second-order valence-corrected chi connectivity index (χ2v) is 6.80. The number of likely N-dealkylation sites (tertiary alicyclic amines) is 1. The molecule has 1 fully saturated rings. The average Bonchev–Trinajstić information content (AvgIpc) is 2.96. The Hall–Kier alpha value is -2.34. The van der Waals surface area contributed by atoms with Crippen LogP contribution < -0.4 is 15.2 Å². The van der Waals surface area contributed by atoms with Crippen LogP contribution >= 0.6 is 0 Å². The zero-order valence-corrected chi connectivity index (χ0v) is 15.0. The first-order valence-electron chi connectivity index (χ1n) is 8.68.